The van der Waals surface area contributed by atoms with Gasteiger partial charge in [0.05, 0.1) is 6.04 Å². The van der Waals surface area contributed by atoms with Gasteiger partial charge in [0.2, 0.25) is 0 Å². The van der Waals surface area contributed by atoms with E-state index in [1.807, 2.05) is 32.0 Å². The lowest BCUT2D eigenvalue weighted by Crippen LogP contribution is -2.21. The lowest BCUT2D eigenvalue weighted by molar-refractivity contribution is 0.425. The molecule has 1 unspecified atom stereocenters. The number of hydrogen-bond acceptors (Lipinski definition) is 2. The van der Waals surface area contributed by atoms with E-state index in [2.05, 4.69) is 12.2 Å². The average molecular weight is 261 g/mol. The smallest absolute Gasteiger partial charge is 0.125 e. The monoisotopic (exact) mass is 261 g/mol. The van der Waals surface area contributed by atoms with E-state index in [1.165, 1.54) is 6.07 Å². The molecule has 0 saturated heterocycles. The minimum Gasteiger partial charge on any atom is -0.464 e. The number of rotatable bonds is 5. The SMILES string of the molecule is CCNC(c1cc(C)cc(F)c1)c1ccc(CC)o1. The van der Waals surface area contributed by atoms with Crippen LogP contribution in [0.3, 0.4) is 0 Å². The summed E-state index contributed by atoms with van der Waals surface area (Å²) in [7, 11) is 0. The minimum atomic E-state index is -0.208. The molecule has 2 nitrogen and oxygen atoms in total. The number of aryl methyl sites for hydroxylation is 2. The van der Waals surface area contributed by atoms with Crippen LogP contribution < -0.4 is 5.32 Å². The Morgan fingerprint density at radius 2 is 2.00 bits per heavy atom. The van der Waals surface area contributed by atoms with Crippen LogP contribution in [0.15, 0.2) is 34.7 Å². The Kier molecular flexibility index (Phi) is 4.38. The Hall–Kier alpha value is -1.61. The van der Waals surface area contributed by atoms with Crippen molar-refractivity contribution in [3.05, 3.63) is 58.8 Å². The van der Waals surface area contributed by atoms with Crippen LogP contribution in [0.25, 0.3) is 0 Å². The van der Waals surface area contributed by atoms with E-state index < -0.39 is 0 Å². The van der Waals surface area contributed by atoms with E-state index in [9.17, 15) is 4.39 Å². The highest BCUT2D eigenvalue weighted by atomic mass is 19.1. The summed E-state index contributed by atoms with van der Waals surface area (Å²) in [4.78, 5) is 0. The summed E-state index contributed by atoms with van der Waals surface area (Å²) in [6.45, 7) is 6.78. The van der Waals surface area contributed by atoms with Crippen molar-refractivity contribution in [1.29, 1.82) is 0 Å². The third-order valence-electron chi connectivity index (χ3n) is 3.12. The number of furan rings is 1. The predicted molar refractivity (Wildman–Crippen MR) is 74.7 cm³/mol. The molecule has 2 rings (SSSR count). The summed E-state index contributed by atoms with van der Waals surface area (Å²) in [6, 6.07) is 8.93. The molecular weight excluding hydrogens is 241 g/mol. The van der Waals surface area contributed by atoms with E-state index in [0.717, 1.165) is 35.6 Å². The van der Waals surface area contributed by atoms with Crippen LogP contribution in [0, 0.1) is 12.7 Å². The molecule has 1 N–H and O–H groups in total. The topological polar surface area (TPSA) is 25.2 Å². The maximum atomic E-state index is 13.6. The van der Waals surface area contributed by atoms with Gasteiger partial charge in [0.15, 0.2) is 0 Å². The van der Waals surface area contributed by atoms with Crippen LogP contribution in [-0.4, -0.2) is 6.54 Å². The zero-order chi connectivity index (χ0) is 13.8. The molecule has 1 atom stereocenters. The molecule has 1 aromatic heterocycles. The van der Waals surface area contributed by atoms with Gasteiger partial charge in [-0.3, -0.25) is 0 Å². The van der Waals surface area contributed by atoms with Gasteiger partial charge >= 0.3 is 0 Å². The van der Waals surface area contributed by atoms with Crippen LogP contribution >= 0.6 is 0 Å². The molecule has 3 heteroatoms. The Morgan fingerprint density at radius 3 is 2.58 bits per heavy atom. The molecule has 0 fully saturated rings. The Bertz CT molecular complexity index is 527. The first-order chi connectivity index (χ1) is 9.13. The van der Waals surface area contributed by atoms with Crippen molar-refractivity contribution < 1.29 is 8.81 Å². The van der Waals surface area contributed by atoms with Crippen molar-refractivity contribution in [3.63, 3.8) is 0 Å². The highest BCUT2D eigenvalue weighted by Crippen LogP contribution is 2.25. The molecule has 19 heavy (non-hydrogen) atoms. The van der Waals surface area contributed by atoms with Crippen molar-refractivity contribution in [2.75, 3.05) is 6.54 Å². The largest absolute Gasteiger partial charge is 0.464 e. The van der Waals surface area contributed by atoms with E-state index in [-0.39, 0.29) is 11.9 Å². The molecule has 0 saturated carbocycles. The fraction of sp³-hybridized carbons (Fsp3) is 0.375. The van der Waals surface area contributed by atoms with Crippen LogP contribution in [0.4, 0.5) is 4.39 Å². The Labute approximate surface area is 113 Å². The van der Waals surface area contributed by atoms with E-state index >= 15 is 0 Å². The lowest BCUT2D eigenvalue weighted by Gasteiger charge is -2.17. The molecule has 0 aliphatic carbocycles. The van der Waals surface area contributed by atoms with Gasteiger partial charge in [-0.25, -0.2) is 4.39 Å². The van der Waals surface area contributed by atoms with Crippen molar-refractivity contribution in [2.45, 2.75) is 33.2 Å². The fourth-order valence-electron chi connectivity index (χ4n) is 2.26. The van der Waals surface area contributed by atoms with Crippen LogP contribution in [-0.2, 0) is 6.42 Å². The zero-order valence-corrected chi connectivity index (χ0v) is 11.7. The maximum Gasteiger partial charge on any atom is 0.125 e. The molecule has 1 aromatic carbocycles. The van der Waals surface area contributed by atoms with Crippen molar-refractivity contribution in [2.24, 2.45) is 0 Å². The first kappa shape index (κ1) is 13.8. The first-order valence-electron chi connectivity index (χ1n) is 6.73. The second-order valence-corrected chi connectivity index (χ2v) is 4.71. The third-order valence-corrected chi connectivity index (χ3v) is 3.12. The van der Waals surface area contributed by atoms with Gasteiger partial charge < -0.3 is 9.73 Å². The number of hydrogen-bond donors (Lipinski definition) is 1. The summed E-state index contributed by atoms with van der Waals surface area (Å²) in [6.07, 6.45) is 0.862. The van der Waals surface area contributed by atoms with E-state index in [4.69, 9.17) is 4.42 Å². The highest BCUT2D eigenvalue weighted by molar-refractivity contribution is 5.31. The molecule has 1 heterocycles. The predicted octanol–water partition coefficient (Wildman–Crippen LogP) is 3.99. The standard InChI is InChI=1S/C16H20FNO/c1-4-14-6-7-15(19-14)16(18-5-2)12-8-11(3)9-13(17)10-12/h6-10,16,18H,4-5H2,1-3H3. The number of benzene rings is 1. The van der Waals surface area contributed by atoms with Gasteiger partial charge in [-0.05, 0) is 48.9 Å². The van der Waals surface area contributed by atoms with Crippen LogP contribution in [0.2, 0.25) is 0 Å². The van der Waals surface area contributed by atoms with Crippen molar-refractivity contribution >= 4 is 0 Å². The zero-order valence-electron chi connectivity index (χ0n) is 11.7. The van der Waals surface area contributed by atoms with Crippen LogP contribution in [0.1, 0.15) is 42.5 Å². The van der Waals surface area contributed by atoms with Gasteiger partial charge in [-0.15, -0.1) is 0 Å². The molecule has 0 aliphatic heterocycles. The highest BCUT2D eigenvalue weighted by Gasteiger charge is 2.17. The van der Waals surface area contributed by atoms with Crippen molar-refractivity contribution in [3.8, 4) is 0 Å². The molecule has 0 amide bonds. The Morgan fingerprint density at radius 1 is 1.21 bits per heavy atom. The quantitative estimate of drug-likeness (QED) is 0.880. The Balaban J connectivity index is 2.38. The summed E-state index contributed by atoms with van der Waals surface area (Å²) in [5.41, 5.74) is 1.82. The minimum absolute atomic E-state index is 0.0975. The normalized spacial score (nSPS) is 12.6. The van der Waals surface area contributed by atoms with Gasteiger partial charge in [0.25, 0.3) is 0 Å². The van der Waals surface area contributed by atoms with Gasteiger partial charge in [-0.1, -0.05) is 19.9 Å². The summed E-state index contributed by atoms with van der Waals surface area (Å²) in [5, 5.41) is 3.35. The summed E-state index contributed by atoms with van der Waals surface area (Å²) in [5.74, 6) is 1.58. The molecule has 102 valence electrons. The summed E-state index contributed by atoms with van der Waals surface area (Å²) < 4.78 is 19.4. The molecule has 2 aromatic rings. The number of halogens is 1. The van der Waals surface area contributed by atoms with Gasteiger partial charge in [0.1, 0.15) is 17.3 Å². The second-order valence-electron chi connectivity index (χ2n) is 4.71. The van der Waals surface area contributed by atoms with Crippen LogP contribution in [0.5, 0.6) is 0 Å². The first-order valence-corrected chi connectivity index (χ1v) is 6.73. The molecule has 0 bridgehead atoms. The summed E-state index contributed by atoms with van der Waals surface area (Å²) >= 11 is 0. The fourth-order valence-corrected chi connectivity index (χ4v) is 2.26. The third kappa shape index (κ3) is 3.24. The number of nitrogens with one attached hydrogen (secondary N) is 1. The van der Waals surface area contributed by atoms with E-state index in [1.54, 1.807) is 6.07 Å². The van der Waals surface area contributed by atoms with Gasteiger partial charge in [-0.2, -0.15) is 0 Å². The van der Waals surface area contributed by atoms with Gasteiger partial charge in [0, 0.05) is 6.42 Å². The van der Waals surface area contributed by atoms with Crippen molar-refractivity contribution in [1.82, 2.24) is 5.32 Å². The van der Waals surface area contributed by atoms with E-state index in [0.29, 0.717) is 0 Å². The molecular formula is C16H20FNO. The second kappa shape index (κ2) is 6.02. The maximum absolute atomic E-state index is 13.6. The molecule has 0 radical (unpaired) electrons. The molecule has 0 spiro atoms. The average Bonchev–Trinajstić information content (AvgIpc) is 2.83. The lowest BCUT2D eigenvalue weighted by atomic mass is 10.0. The molecule has 0 aliphatic rings.